The van der Waals surface area contributed by atoms with Gasteiger partial charge in [-0.3, -0.25) is 0 Å². The van der Waals surface area contributed by atoms with E-state index in [1.54, 1.807) is 18.4 Å². The SMILES string of the molecule is COc1cccc(-c2nnc(I)s2)c1. The van der Waals surface area contributed by atoms with E-state index in [4.69, 9.17) is 4.74 Å². The van der Waals surface area contributed by atoms with Crippen LogP contribution in [0.15, 0.2) is 24.3 Å². The fraction of sp³-hybridized carbons (Fsp3) is 0.111. The molecule has 0 aliphatic heterocycles. The van der Waals surface area contributed by atoms with Gasteiger partial charge < -0.3 is 4.74 Å². The highest BCUT2D eigenvalue weighted by atomic mass is 127. The van der Waals surface area contributed by atoms with Crippen molar-refractivity contribution in [3.63, 3.8) is 0 Å². The van der Waals surface area contributed by atoms with Crippen LogP contribution in [0.25, 0.3) is 10.6 Å². The van der Waals surface area contributed by atoms with Gasteiger partial charge in [0, 0.05) is 5.56 Å². The van der Waals surface area contributed by atoms with E-state index in [-0.39, 0.29) is 0 Å². The minimum Gasteiger partial charge on any atom is -0.497 e. The Hall–Kier alpha value is -0.690. The molecule has 0 spiro atoms. The van der Waals surface area contributed by atoms with E-state index in [0.717, 1.165) is 19.3 Å². The van der Waals surface area contributed by atoms with Gasteiger partial charge in [-0.25, -0.2) is 0 Å². The van der Waals surface area contributed by atoms with Crippen LogP contribution in [0.3, 0.4) is 0 Å². The minimum atomic E-state index is 0.840. The fourth-order valence-electron chi connectivity index (χ4n) is 1.08. The number of ether oxygens (including phenoxy) is 1. The first-order chi connectivity index (χ1) is 6.79. The molecule has 1 aromatic carbocycles. The van der Waals surface area contributed by atoms with E-state index in [2.05, 4.69) is 32.8 Å². The molecular formula is C9H7IN2OS. The number of halogens is 1. The maximum atomic E-state index is 5.14. The topological polar surface area (TPSA) is 35.0 Å². The second-order valence-corrected chi connectivity index (χ2v) is 5.32. The first kappa shape index (κ1) is 9.85. The first-order valence-corrected chi connectivity index (χ1v) is 5.82. The van der Waals surface area contributed by atoms with Gasteiger partial charge in [-0.2, -0.15) is 0 Å². The standard InChI is InChI=1S/C9H7IN2OS/c1-13-7-4-2-3-6(5-7)8-11-12-9(10)14-8/h2-5H,1H3. The molecule has 0 aliphatic carbocycles. The molecule has 0 atom stereocenters. The highest BCUT2D eigenvalue weighted by Crippen LogP contribution is 2.26. The van der Waals surface area contributed by atoms with Gasteiger partial charge in [0.05, 0.1) is 7.11 Å². The molecule has 0 aliphatic rings. The Morgan fingerprint density at radius 1 is 1.36 bits per heavy atom. The molecule has 0 amide bonds. The van der Waals surface area contributed by atoms with Crippen LogP contribution in [0.2, 0.25) is 0 Å². The quantitative estimate of drug-likeness (QED) is 0.799. The van der Waals surface area contributed by atoms with Gasteiger partial charge in [0.1, 0.15) is 10.8 Å². The molecule has 72 valence electrons. The van der Waals surface area contributed by atoms with Crippen molar-refractivity contribution in [2.24, 2.45) is 0 Å². The Balaban J connectivity index is 2.41. The van der Waals surface area contributed by atoms with Crippen LogP contribution < -0.4 is 4.74 Å². The summed E-state index contributed by atoms with van der Waals surface area (Å²) < 4.78 is 6.08. The lowest BCUT2D eigenvalue weighted by molar-refractivity contribution is 0.415. The van der Waals surface area contributed by atoms with Crippen LogP contribution in [-0.4, -0.2) is 17.3 Å². The summed E-state index contributed by atoms with van der Waals surface area (Å²) in [6, 6.07) is 7.81. The molecule has 0 radical (unpaired) electrons. The van der Waals surface area contributed by atoms with Crippen LogP contribution in [0.5, 0.6) is 5.75 Å². The molecule has 0 saturated carbocycles. The number of aromatic nitrogens is 2. The Bertz CT molecular complexity index is 444. The van der Waals surface area contributed by atoms with E-state index in [0.29, 0.717) is 0 Å². The van der Waals surface area contributed by atoms with Crippen molar-refractivity contribution in [3.05, 3.63) is 27.3 Å². The molecule has 2 rings (SSSR count). The van der Waals surface area contributed by atoms with E-state index in [1.807, 2.05) is 24.3 Å². The maximum Gasteiger partial charge on any atom is 0.178 e. The zero-order chi connectivity index (χ0) is 9.97. The third-order valence-electron chi connectivity index (χ3n) is 1.72. The van der Waals surface area contributed by atoms with E-state index in [1.165, 1.54) is 0 Å². The number of hydrogen-bond acceptors (Lipinski definition) is 4. The number of rotatable bonds is 2. The normalized spacial score (nSPS) is 10.1. The highest BCUT2D eigenvalue weighted by Gasteiger charge is 2.04. The average molecular weight is 318 g/mol. The summed E-state index contributed by atoms with van der Waals surface area (Å²) in [5, 5.41) is 8.95. The molecule has 5 heteroatoms. The van der Waals surface area contributed by atoms with Crippen molar-refractivity contribution in [1.29, 1.82) is 0 Å². The predicted molar refractivity (Wildman–Crippen MR) is 64.6 cm³/mol. The fourth-order valence-corrected chi connectivity index (χ4v) is 2.38. The summed E-state index contributed by atoms with van der Waals surface area (Å²) in [6.45, 7) is 0. The Labute approximate surface area is 99.3 Å². The molecule has 0 N–H and O–H groups in total. The molecule has 3 nitrogen and oxygen atoms in total. The van der Waals surface area contributed by atoms with Crippen molar-refractivity contribution >= 4 is 33.9 Å². The monoisotopic (exact) mass is 318 g/mol. The largest absolute Gasteiger partial charge is 0.497 e. The van der Waals surface area contributed by atoms with Crippen molar-refractivity contribution in [3.8, 4) is 16.3 Å². The molecule has 14 heavy (non-hydrogen) atoms. The number of hydrogen-bond donors (Lipinski definition) is 0. The van der Waals surface area contributed by atoms with Crippen LogP contribution >= 0.6 is 33.9 Å². The maximum absolute atomic E-state index is 5.14. The number of nitrogens with zero attached hydrogens (tertiary/aromatic N) is 2. The number of benzene rings is 1. The molecule has 1 aromatic heterocycles. The van der Waals surface area contributed by atoms with Gasteiger partial charge in [0.2, 0.25) is 0 Å². The van der Waals surface area contributed by atoms with Gasteiger partial charge in [-0.05, 0) is 34.7 Å². The van der Waals surface area contributed by atoms with Gasteiger partial charge in [0.15, 0.2) is 3.01 Å². The van der Waals surface area contributed by atoms with Crippen LogP contribution in [0, 0.1) is 3.01 Å². The van der Waals surface area contributed by atoms with Gasteiger partial charge in [-0.15, -0.1) is 10.2 Å². The third kappa shape index (κ3) is 2.03. The zero-order valence-corrected chi connectivity index (χ0v) is 10.4. The van der Waals surface area contributed by atoms with Crippen molar-refractivity contribution < 1.29 is 4.74 Å². The lowest BCUT2D eigenvalue weighted by Crippen LogP contribution is -1.83. The zero-order valence-electron chi connectivity index (χ0n) is 7.40. The minimum absolute atomic E-state index is 0.840. The van der Waals surface area contributed by atoms with E-state index < -0.39 is 0 Å². The molecule has 2 aromatic rings. The Morgan fingerprint density at radius 2 is 2.21 bits per heavy atom. The van der Waals surface area contributed by atoms with Crippen LogP contribution in [-0.2, 0) is 0 Å². The summed E-state index contributed by atoms with van der Waals surface area (Å²) in [4.78, 5) is 0. The van der Waals surface area contributed by atoms with Crippen molar-refractivity contribution in [1.82, 2.24) is 10.2 Å². The lowest BCUT2D eigenvalue weighted by atomic mass is 10.2. The Morgan fingerprint density at radius 3 is 2.86 bits per heavy atom. The summed E-state index contributed by atoms with van der Waals surface area (Å²) in [5.74, 6) is 0.840. The third-order valence-corrected chi connectivity index (χ3v) is 3.35. The smallest absolute Gasteiger partial charge is 0.178 e. The molecule has 0 fully saturated rings. The van der Waals surface area contributed by atoms with Gasteiger partial charge in [-0.1, -0.05) is 23.5 Å². The van der Waals surface area contributed by atoms with E-state index >= 15 is 0 Å². The number of methoxy groups -OCH3 is 1. The molecular weight excluding hydrogens is 311 g/mol. The summed E-state index contributed by atoms with van der Waals surface area (Å²) in [5.41, 5.74) is 1.05. The summed E-state index contributed by atoms with van der Waals surface area (Å²) in [7, 11) is 1.66. The van der Waals surface area contributed by atoms with Gasteiger partial charge in [0.25, 0.3) is 0 Å². The lowest BCUT2D eigenvalue weighted by Gasteiger charge is -2.00. The Kier molecular flexibility index (Phi) is 2.97. The van der Waals surface area contributed by atoms with Crippen molar-refractivity contribution in [2.45, 2.75) is 0 Å². The van der Waals surface area contributed by atoms with Crippen LogP contribution in [0.1, 0.15) is 0 Å². The molecule has 0 bridgehead atoms. The summed E-state index contributed by atoms with van der Waals surface area (Å²) >= 11 is 3.73. The highest BCUT2D eigenvalue weighted by molar-refractivity contribution is 14.1. The predicted octanol–water partition coefficient (Wildman–Crippen LogP) is 2.82. The first-order valence-electron chi connectivity index (χ1n) is 3.93. The molecule has 0 unspecified atom stereocenters. The van der Waals surface area contributed by atoms with Crippen molar-refractivity contribution in [2.75, 3.05) is 7.11 Å². The van der Waals surface area contributed by atoms with Crippen LogP contribution in [0.4, 0.5) is 0 Å². The molecule has 0 saturated heterocycles. The summed E-state index contributed by atoms with van der Waals surface area (Å²) in [6.07, 6.45) is 0. The van der Waals surface area contributed by atoms with E-state index in [9.17, 15) is 0 Å². The second kappa shape index (κ2) is 4.22. The average Bonchev–Trinajstić information content (AvgIpc) is 2.65. The second-order valence-electron chi connectivity index (χ2n) is 2.59. The molecule has 1 heterocycles. The van der Waals surface area contributed by atoms with Gasteiger partial charge >= 0.3 is 0 Å².